The van der Waals surface area contributed by atoms with E-state index in [1.165, 1.54) is 0 Å². The standard InChI is InChI=1S/C8H7Cl2NO/c1-2-5-3-4-6(9)7(10)8(5)11-12/h3-4H,2H2,1H3. The molecular weight excluding hydrogens is 197 g/mol. The lowest BCUT2D eigenvalue weighted by Gasteiger charge is -2.02. The fourth-order valence-corrected chi connectivity index (χ4v) is 1.34. The third-order valence-electron chi connectivity index (χ3n) is 1.62. The maximum Gasteiger partial charge on any atom is 0.131 e. The summed E-state index contributed by atoms with van der Waals surface area (Å²) in [6.45, 7) is 1.92. The Morgan fingerprint density at radius 2 is 2.08 bits per heavy atom. The molecule has 12 heavy (non-hydrogen) atoms. The molecule has 0 unspecified atom stereocenters. The molecule has 0 amide bonds. The Labute approximate surface area is 80.5 Å². The molecule has 0 saturated carbocycles. The van der Waals surface area contributed by atoms with Crippen molar-refractivity contribution in [2.45, 2.75) is 13.3 Å². The second-order valence-corrected chi connectivity index (χ2v) is 3.10. The molecule has 0 saturated heterocycles. The average molecular weight is 204 g/mol. The maximum absolute atomic E-state index is 10.4. The molecule has 64 valence electrons. The molecule has 0 N–H and O–H groups in total. The van der Waals surface area contributed by atoms with Crippen LogP contribution in [0.2, 0.25) is 10.0 Å². The van der Waals surface area contributed by atoms with Crippen LogP contribution in [-0.2, 0) is 6.42 Å². The Morgan fingerprint density at radius 1 is 1.42 bits per heavy atom. The van der Waals surface area contributed by atoms with Crippen molar-refractivity contribution < 1.29 is 0 Å². The number of hydrogen-bond donors (Lipinski definition) is 0. The van der Waals surface area contributed by atoms with Gasteiger partial charge in [-0.05, 0) is 23.2 Å². The van der Waals surface area contributed by atoms with E-state index in [-0.39, 0.29) is 10.7 Å². The summed E-state index contributed by atoms with van der Waals surface area (Å²) in [6.07, 6.45) is 0.720. The van der Waals surface area contributed by atoms with Gasteiger partial charge in [-0.15, -0.1) is 4.91 Å². The molecule has 0 fully saturated rings. The minimum absolute atomic E-state index is 0.242. The lowest BCUT2D eigenvalue weighted by Crippen LogP contribution is -1.82. The number of benzene rings is 1. The van der Waals surface area contributed by atoms with Gasteiger partial charge in [-0.3, -0.25) is 0 Å². The van der Waals surface area contributed by atoms with E-state index in [0.717, 1.165) is 12.0 Å². The van der Waals surface area contributed by atoms with E-state index >= 15 is 0 Å². The van der Waals surface area contributed by atoms with Crippen LogP contribution in [0, 0.1) is 4.91 Å². The zero-order valence-corrected chi connectivity index (χ0v) is 7.99. The number of rotatable bonds is 2. The molecule has 1 rings (SSSR count). The predicted octanol–water partition coefficient (Wildman–Crippen LogP) is 3.95. The van der Waals surface area contributed by atoms with Crippen LogP contribution in [0.5, 0.6) is 0 Å². The van der Waals surface area contributed by atoms with E-state index in [2.05, 4.69) is 5.18 Å². The number of hydrogen-bond acceptors (Lipinski definition) is 2. The normalized spacial score (nSPS) is 9.92. The van der Waals surface area contributed by atoms with Gasteiger partial charge >= 0.3 is 0 Å². The van der Waals surface area contributed by atoms with Crippen molar-refractivity contribution in [3.05, 3.63) is 32.6 Å². The van der Waals surface area contributed by atoms with Crippen molar-refractivity contribution in [3.63, 3.8) is 0 Å². The molecule has 0 aromatic heterocycles. The van der Waals surface area contributed by atoms with Gasteiger partial charge in [-0.2, -0.15) is 0 Å². The van der Waals surface area contributed by atoms with Crippen molar-refractivity contribution in [1.82, 2.24) is 0 Å². The maximum atomic E-state index is 10.4. The summed E-state index contributed by atoms with van der Waals surface area (Å²) in [6, 6.07) is 3.42. The van der Waals surface area contributed by atoms with Crippen LogP contribution in [0.3, 0.4) is 0 Å². The van der Waals surface area contributed by atoms with Crippen molar-refractivity contribution in [2.24, 2.45) is 5.18 Å². The predicted molar refractivity (Wildman–Crippen MR) is 51.3 cm³/mol. The summed E-state index contributed by atoms with van der Waals surface area (Å²) in [5.41, 5.74) is 1.08. The molecule has 1 aromatic carbocycles. The molecule has 0 bridgehead atoms. The largest absolute Gasteiger partial charge is 0.145 e. The molecule has 0 aliphatic heterocycles. The molecule has 0 heterocycles. The van der Waals surface area contributed by atoms with Gasteiger partial charge in [0.2, 0.25) is 0 Å². The second-order valence-electron chi connectivity index (χ2n) is 2.31. The second kappa shape index (κ2) is 3.87. The summed E-state index contributed by atoms with van der Waals surface area (Å²) in [5.74, 6) is 0. The number of halogens is 2. The highest BCUT2D eigenvalue weighted by atomic mass is 35.5. The molecule has 0 spiro atoms. The van der Waals surface area contributed by atoms with Crippen LogP contribution in [0.1, 0.15) is 12.5 Å². The fourth-order valence-electron chi connectivity index (χ4n) is 0.964. The first-order valence-electron chi connectivity index (χ1n) is 3.51. The number of aryl methyl sites for hydroxylation is 1. The van der Waals surface area contributed by atoms with Gasteiger partial charge in [0.05, 0.1) is 10.0 Å². The first-order valence-corrected chi connectivity index (χ1v) is 4.26. The SMILES string of the molecule is CCc1ccc(Cl)c(Cl)c1N=O. The Balaban J connectivity index is 3.35. The van der Waals surface area contributed by atoms with Crippen LogP contribution in [0.25, 0.3) is 0 Å². The van der Waals surface area contributed by atoms with Crippen molar-refractivity contribution in [2.75, 3.05) is 0 Å². The monoisotopic (exact) mass is 203 g/mol. The topological polar surface area (TPSA) is 29.4 Å². The van der Waals surface area contributed by atoms with Gasteiger partial charge < -0.3 is 0 Å². The lowest BCUT2D eigenvalue weighted by atomic mass is 10.1. The van der Waals surface area contributed by atoms with E-state index in [1.807, 2.05) is 6.92 Å². The first-order chi connectivity index (χ1) is 5.70. The van der Waals surface area contributed by atoms with Gasteiger partial charge in [0.15, 0.2) is 0 Å². The molecule has 0 aliphatic rings. The summed E-state index contributed by atoms with van der Waals surface area (Å²) in [7, 11) is 0. The zero-order valence-electron chi connectivity index (χ0n) is 6.47. The van der Waals surface area contributed by atoms with E-state index < -0.39 is 0 Å². The molecule has 0 radical (unpaired) electrons. The smallest absolute Gasteiger partial charge is 0.131 e. The minimum atomic E-state index is 0.242. The van der Waals surface area contributed by atoms with Crippen molar-refractivity contribution in [3.8, 4) is 0 Å². The van der Waals surface area contributed by atoms with Gasteiger partial charge in [0.25, 0.3) is 0 Å². The van der Waals surface area contributed by atoms with Crippen molar-refractivity contribution >= 4 is 28.9 Å². The van der Waals surface area contributed by atoms with Gasteiger partial charge in [-0.1, -0.05) is 36.2 Å². The average Bonchev–Trinajstić information content (AvgIpc) is 2.09. The van der Waals surface area contributed by atoms with Crippen molar-refractivity contribution in [1.29, 1.82) is 0 Å². The third kappa shape index (κ3) is 1.59. The Bertz CT molecular complexity index is 312. The first kappa shape index (κ1) is 9.49. The van der Waals surface area contributed by atoms with Gasteiger partial charge in [0, 0.05) is 0 Å². The molecule has 0 atom stereocenters. The van der Waals surface area contributed by atoms with E-state index in [9.17, 15) is 4.91 Å². The molecule has 2 nitrogen and oxygen atoms in total. The quantitative estimate of drug-likeness (QED) is 0.670. The van der Waals surface area contributed by atoms with Gasteiger partial charge in [0.1, 0.15) is 5.69 Å². The van der Waals surface area contributed by atoms with Crippen LogP contribution in [0.4, 0.5) is 5.69 Å². The molecule has 1 aromatic rings. The Hall–Kier alpha value is -0.600. The number of nitroso groups, excluding NO2 is 1. The highest BCUT2D eigenvalue weighted by molar-refractivity contribution is 6.43. The molecule has 4 heteroatoms. The summed E-state index contributed by atoms with van der Waals surface area (Å²) in [5, 5.41) is 3.44. The van der Waals surface area contributed by atoms with Crippen LogP contribution in [0.15, 0.2) is 17.3 Å². The molecule has 0 aliphatic carbocycles. The van der Waals surface area contributed by atoms with Crippen LogP contribution < -0.4 is 0 Å². The van der Waals surface area contributed by atoms with Gasteiger partial charge in [-0.25, -0.2) is 0 Å². The summed E-state index contributed by atoms with van der Waals surface area (Å²) < 4.78 is 0. The van der Waals surface area contributed by atoms with E-state index in [1.54, 1.807) is 12.1 Å². The third-order valence-corrected chi connectivity index (χ3v) is 2.42. The highest BCUT2D eigenvalue weighted by Crippen LogP contribution is 2.35. The lowest BCUT2D eigenvalue weighted by molar-refractivity contribution is 1.13. The fraction of sp³-hybridized carbons (Fsp3) is 0.250. The minimum Gasteiger partial charge on any atom is -0.145 e. The summed E-state index contributed by atoms with van der Waals surface area (Å²) in [4.78, 5) is 10.4. The van der Waals surface area contributed by atoms with Crippen LogP contribution >= 0.6 is 23.2 Å². The molecular formula is C8H7Cl2NO. The Kier molecular flexibility index (Phi) is 3.06. The summed E-state index contributed by atoms with van der Waals surface area (Å²) >= 11 is 11.4. The van der Waals surface area contributed by atoms with E-state index in [0.29, 0.717) is 5.02 Å². The highest BCUT2D eigenvalue weighted by Gasteiger charge is 2.09. The van der Waals surface area contributed by atoms with Crippen LogP contribution in [-0.4, -0.2) is 0 Å². The van der Waals surface area contributed by atoms with E-state index in [4.69, 9.17) is 23.2 Å². The zero-order chi connectivity index (χ0) is 9.14. The number of nitrogens with zero attached hydrogens (tertiary/aromatic N) is 1. The Morgan fingerprint density at radius 3 is 2.58 bits per heavy atom.